The molecule has 1 aliphatic rings. The quantitative estimate of drug-likeness (QED) is 0.633. The molecule has 0 aromatic heterocycles. The number of hydrogen-bond acceptors (Lipinski definition) is 4. The lowest BCUT2D eigenvalue weighted by atomic mass is 10.1. The molecule has 1 aliphatic heterocycles. The Morgan fingerprint density at radius 1 is 1.41 bits per heavy atom. The molecule has 0 radical (unpaired) electrons. The first-order valence-corrected chi connectivity index (χ1v) is 5.59. The maximum Gasteiger partial charge on any atom is 0.292 e. The van der Waals surface area contributed by atoms with Gasteiger partial charge in [0.1, 0.15) is 11.4 Å². The number of rotatable bonds is 2. The summed E-state index contributed by atoms with van der Waals surface area (Å²) in [7, 11) is 0. The van der Waals surface area contributed by atoms with Gasteiger partial charge in [0.15, 0.2) is 0 Å². The zero-order chi connectivity index (χ0) is 12.6. The molecule has 0 aliphatic carbocycles. The normalized spacial score (nSPS) is 14.1. The van der Waals surface area contributed by atoms with E-state index in [9.17, 15) is 10.1 Å². The third kappa shape index (κ3) is 2.49. The summed E-state index contributed by atoms with van der Waals surface area (Å²) < 4.78 is 5.43. The van der Waals surface area contributed by atoms with Crippen LogP contribution in [-0.4, -0.2) is 17.1 Å². The summed E-state index contributed by atoms with van der Waals surface area (Å²) in [4.78, 5) is 10.7. The van der Waals surface area contributed by atoms with Crippen molar-refractivity contribution in [2.45, 2.75) is 32.7 Å². The van der Waals surface area contributed by atoms with Gasteiger partial charge in [-0.3, -0.25) is 10.1 Å². The molecule has 0 saturated heterocycles. The van der Waals surface area contributed by atoms with Gasteiger partial charge in [0, 0.05) is 29.7 Å². The minimum atomic E-state index is -0.354. The maximum atomic E-state index is 11.0. The van der Waals surface area contributed by atoms with Gasteiger partial charge >= 0.3 is 0 Å². The molecule has 0 spiro atoms. The summed E-state index contributed by atoms with van der Waals surface area (Å²) in [5.74, 6) is 0.752. The number of anilines is 1. The standard InChI is InChI=1S/C12H16N2O3/c1-12(2,3)13-9-7-11-8(4-5-17-11)6-10(9)14(15)16/h6-7,13H,4-5H2,1-3H3. The number of benzene rings is 1. The topological polar surface area (TPSA) is 64.4 Å². The molecule has 1 N–H and O–H groups in total. The highest BCUT2D eigenvalue weighted by Gasteiger charge is 2.24. The van der Waals surface area contributed by atoms with E-state index in [1.54, 1.807) is 12.1 Å². The van der Waals surface area contributed by atoms with E-state index in [0.717, 1.165) is 17.7 Å². The first-order chi connectivity index (χ1) is 7.87. The van der Waals surface area contributed by atoms with Crippen molar-refractivity contribution >= 4 is 11.4 Å². The van der Waals surface area contributed by atoms with E-state index in [1.165, 1.54) is 0 Å². The SMILES string of the molecule is CC(C)(C)Nc1cc2c(cc1[N+](=O)[O-])CCO2. The van der Waals surface area contributed by atoms with E-state index in [0.29, 0.717) is 12.3 Å². The largest absolute Gasteiger partial charge is 0.493 e. The number of nitro benzene ring substituents is 1. The maximum absolute atomic E-state index is 11.0. The van der Waals surface area contributed by atoms with Crippen molar-refractivity contribution in [1.82, 2.24) is 0 Å². The van der Waals surface area contributed by atoms with Crippen LogP contribution in [0.3, 0.4) is 0 Å². The third-order valence-electron chi connectivity index (χ3n) is 2.51. The van der Waals surface area contributed by atoms with E-state index in [2.05, 4.69) is 5.32 Å². The first kappa shape index (κ1) is 11.7. The summed E-state index contributed by atoms with van der Waals surface area (Å²) in [6.45, 7) is 6.49. The van der Waals surface area contributed by atoms with Crippen LogP contribution >= 0.6 is 0 Å². The molecule has 0 atom stereocenters. The zero-order valence-corrected chi connectivity index (χ0v) is 10.2. The fraction of sp³-hybridized carbons (Fsp3) is 0.500. The van der Waals surface area contributed by atoms with Gasteiger partial charge in [0.2, 0.25) is 0 Å². The van der Waals surface area contributed by atoms with Crippen LogP contribution in [0, 0.1) is 10.1 Å². The second kappa shape index (κ2) is 3.91. The highest BCUT2D eigenvalue weighted by molar-refractivity contribution is 5.67. The summed E-state index contributed by atoms with van der Waals surface area (Å²) in [5, 5.41) is 14.2. The van der Waals surface area contributed by atoms with E-state index in [-0.39, 0.29) is 16.1 Å². The van der Waals surface area contributed by atoms with Gasteiger partial charge in [-0.05, 0) is 20.8 Å². The Hall–Kier alpha value is -1.78. The Morgan fingerprint density at radius 2 is 2.12 bits per heavy atom. The Balaban J connectivity index is 2.45. The lowest BCUT2D eigenvalue weighted by Gasteiger charge is -2.22. The molecule has 2 rings (SSSR count). The molecule has 0 fully saturated rings. The first-order valence-electron chi connectivity index (χ1n) is 5.59. The molecule has 1 aromatic rings. The van der Waals surface area contributed by atoms with E-state index >= 15 is 0 Å². The summed E-state index contributed by atoms with van der Waals surface area (Å²) >= 11 is 0. The van der Waals surface area contributed by atoms with Crippen LogP contribution in [0.5, 0.6) is 5.75 Å². The lowest BCUT2D eigenvalue weighted by molar-refractivity contribution is -0.384. The molecule has 5 nitrogen and oxygen atoms in total. The number of fused-ring (bicyclic) bond motifs is 1. The summed E-state index contributed by atoms with van der Waals surface area (Å²) in [6.07, 6.45) is 0.742. The molecule has 0 amide bonds. The van der Waals surface area contributed by atoms with Crippen LogP contribution in [0.25, 0.3) is 0 Å². The van der Waals surface area contributed by atoms with Gasteiger partial charge in [-0.2, -0.15) is 0 Å². The Bertz CT molecular complexity index is 464. The number of nitrogens with zero attached hydrogens (tertiary/aromatic N) is 1. The Kier molecular flexibility index (Phi) is 2.69. The minimum Gasteiger partial charge on any atom is -0.493 e. The van der Waals surface area contributed by atoms with Gasteiger partial charge in [-0.15, -0.1) is 0 Å². The number of nitrogens with one attached hydrogen (secondary N) is 1. The second-order valence-corrected chi connectivity index (χ2v) is 5.21. The molecule has 5 heteroatoms. The number of nitro groups is 1. The van der Waals surface area contributed by atoms with E-state index in [1.807, 2.05) is 20.8 Å². The number of hydrogen-bond donors (Lipinski definition) is 1. The molecule has 0 bridgehead atoms. The van der Waals surface area contributed by atoms with Crippen LogP contribution in [-0.2, 0) is 6.42 Å². The van der Waals surface area contributed by atoms with Crippen LogP contribution < -0.4 is 10.1 Å². The Labute approximate surface area is 99.9 Å². The van der Waals surface area contributed by atoms with Crippen molar-refractivity contribution in [2.75, 3.05) is 11.9 Å². The predicted molar refractivity (Wildman–Crippen MR) is 65.7 cm³/mol. The van der Waals surface area contributed by atoms with E-state index in [4.69, 9.17) is 4.74 Å². The highest BCUT2D eigenvalue weighted by Crippen LogP contribution is 2.36. The molecular weight excluding hydrogens is 220 g/mol. The van der Waals surface area contributed by atoms with Gasteiger partial charge in [-0.1, -0.05) is 0 Å². The molecule has 1 heterocycles. The predicted octanol–water partition coefficient (Wildman–Crippen LogP) is 2.74. The number of ether oxygens (including phenoxy) is 1. The van der Waals surface area contributed by atoms with Crippen LogP contribution in [0.15, 0.2) is 12.1 Å². The van der Waals surface area contributed by atoms with Gasteiger partial charge < -0.3 is 10.1 Å². The van der Waals surface area contributed by atoms with Gasteiger partial charge in [0.25, 0.3) is 5.69 Å². The van der Waals surface area contributed by atoms with Crippen LogP contribution in [0.1, 0.15) is 26.3 Å². The molecule has 1 aromatic carbocycles. The molecule has 92 valence electrons. The van der Waals surface area contributed by atoms with Crippen molar-refractivity contribution in [3.8, 4) is 5.75 Å². The average molecular weight is 236 g/mol. The van der Waals surface area contributed by atoms with E-state index < -0.39 is 0 Å². The van der Waals surface area contributed by atoms with Crippen molar-refractivity contribution in [2.24, 2.45) is 0 Å². The molecule has 17 heavy (non-hydrogen) atoms. The third-order valence-corrected chi connectivity index (χ3v) is 2.51. The minimum absolute atomic E-state index is 0.115. The Morgan fingerprint density at radius 3 is 2.71 bits per heavy atom. The molecular formula is C12H16N2O3. The molecule has 0 unspecified atom stereocenters. The second-order valence-electron chi connectivity index (χ2n) is 5.21. The van der Waals surface area contributed by atoms with Gasteiger partial charge in [-0.25, -0.2) is 0 Å². The zero-order valence-electron chi connectivity index (χ0n) is 10.2. The average Bonchev–Trinajstić information content (AvgIpc) is 2.60. The smallest absolute Gasteiger partial charge is 0.292 e. The van der Waals surface area contributed by atoms with Crippen molar-refractivity contribution < 1.29 is 9.66 Å². The van der Waals surface area contributed by atoms with Crippen molar-refractivity contribution in [3.05, 3.63) is 27.8 Å². The summed E-state index contributed by atoms with van der Waals surface area (Å²) in [5.41, 5.74) is 1.32. The van der Waals surface area contributed by atoms with Crippen LogP contribution in [0.4, 0.5) is 11.4 Å². The molecule has 0 saturated carbocycles. The lowest BCUT2D eigenvalue weighted by Crippen LogP contribution is -2.26. The van der Waals surface area contributed by atoms with Gasteiger partial charge in [0.05, 0.1) is 11.5 Å². The fourth-order valence-corrected chi connectivity index (χ4v) is 1.87. The highest BCUT2D eigenvalue weighted by atomic mass is 16.6. The van der Waals surface area contributed by atoms with Crippen molar-refractivity contribution in [3.63, 3.8) is 0 Å². The van der Waals surface area contributed by atoms with Crippen LogP contribution in [0.2, 0.25) is 0 Å². The van der Waals surface area contributed by atoms with Crippen molar-refractivity contribution in [1.29, 1.82) is 0 Å². The summed E-state index contributed by atoms with van der Waals surface area (Å²) in [6, 6.07) is 3.34. The monoisotopic (exact) mass is 236 g/mol. The fourth-order valence-electron chi connectivity index (χ4n) is 1.87.